The van der Waals surface area contributed by atoms with E-state index in [2.05, 4.69) is 14.7 Å². The summed E-state index contributed by atoms with van der Waals surface area (Å²) in [7, 11) is 3.11. The Morgan fingerprint density at radius 2 is 1.94 bits per heavy atom. The maximum atomic E-state index is 12.5. The number of nitrogens with zero attached hydrogens (tertiary/aromatic N) is 4. The van der Waals surface area contributed by atoms with Gasteiger partial charge in [0.15, 0.2) is 5.90 Å². The molecule has 0 atom stereocenters. The summed E-state index contributed by atoms with van der Waals surface area (Å²) in [6.45, 7) is 3.54. The van der Waals surface area contributed by atoms with Crippen molar-refractivity contribution in [1.29, 1.82) is 0 Å². The van der Waals surface area contributed by atoms with Gasteiger partial charge < -0.3 is 14.4 Å². The lowest BCUT2D eigenvalue weighted by molar-refractivity contribution is -0.274. The number of allylic oxidation sites excluding steroid dienone is 1. The molecule has 0 saturated carbocycles. The molecule has 1 aliphatic heterocycles. The second kappa shape index (κ2) is 10.6. The zero-order valence-corrected chi connectivity index (χ0v) is 18.0. The van der Waals surface area contributed by atoms with Crippen LogP contribution in [-0.2, 0) is 9.59 Å². The molecule has 0 unspecified atom stereocenters. The topological polar surface area (TPSA) is 83.8 Å². The minimum Gasteiger partial charge on any atom is -0.443 e. The van der Waals surface area contributed by atoms with Crippen LogP contribution in [0.1, 0.15) is 13.8 Å². The highest BCUT2D eigenvalue weighted by Crippen LogP contribution is 2.26. The molecule has 1 aromatic carbocycles. The van der Waals surface area contributed by atoms with Crippen molar-refractivity contribution >= 4 is 24.4 Å². The summed E-state index contributed by atoms with van der Waals surface area (Å²) in [5.74, 6) is -0.750. The zero-order valence-electron chi connectivity index (χ0n) is 18.0. The summed E-state index contributed by atoms with van der Waals surface area (Å²) in [6.07, 6.45) is -0.927. The summed E-state index contributed by atoms with van der Waals surface area (Å²) in [6, 6.07) is 4.92. The van der Waals surface area contributed by atoms with Crippen molar-refractivity contribution in [3.8, 4) is 11.5 Å². The second-order valence-electron chi connectivity index (χ2n) is 6.95. The minimum atomic E-state index is -4.84. The number of amides is 2. The number of carbonyl (C=O) groups excluding carboxylic acids is 2. The molecule has 8 nitrogen and oxygen atoms in total. The molecule has 172 valence electrons. The summed E-state index contributed by atoms with van der Waals surface area (Å²) < 4.78 is 46.7. The number of ether oxygens (including phenoxy) is 2. The molecule has 0 spiro atoms. The number of likely N-dealkylation sites (N-methyl/N-ethyl adjacent to an activating group) is 1. The Morgan fingerprint density at radius 3 is 2.50 bits per heavy atom. The Balaban J connectivity index is 2.35. The number of alkyl halides is 3. The summed E-state index contributed by atoms with van der Waals surface area (Å²) in [5, 5.41) is 0. The van der Waals surface area contributed by atoms with Gasteiger partial charge in [0.1, 0.15) is 17.3 Å². The van der Waals surface area contributed by atoms with Gasteiger partial charge in [-0.25, -0.2) is 0 Å². The number of aliphatic imine (C=N–C) groups is 2. The highest BCUT2D eigenvalue weighted by molar-refractivity contribution is 5.94. The lowest BCUT2D eigenvalue weighted by Crippen LogP contribution is -2.30. The van der Waals surface area contributed by atoms with Crippen molar-refractivity contribution in [2.24, 2.45) is 9.98 Å². The van der Waals surface area contributed by atoms with Gasteiger partial charge in [-0.3, -0.25) is 19.5 Å². The Hall–Kier alpha value is -3.63. The van der Waals surface area contributed by atoms with Crippen LogP contribution in [0.4, 0.5) is 13.2 Å². The van der Waals surface area contributed by atoms with E-state index in [0.717, 1.165) is 17.7 Å². The maximum Gasteiger partial charge on any atom is 0.573 e. The van der Waals surface area contributed by atoms with Gasteiger partial charge in [0, 0.05) is 33.3 Å². The lowest BCUT2D eigenvalue weighted by Gasteiger charge is -2.22. The lowest BCUT2D eigenvalue weighted by atomic mass is 10.2. The molecule has 2 rings (SSSR count). The molecular weight excluding hydrogens is 429 g/mol. The van der Waals surface area contributed by atoms with Crippen LogP contribution in [0.2, 0.25) is 0 Å². The van der Waals surface area contributed by atoms with Gasteiger partial charge >= 0.3 is 6.36 Å². The van der Waals surface area contributed by atoms with Crippen LogP contribution in [-0.4, -0.2) is 67.8 Å². The van der Waals surface area contributed by atoms with Gasteiger partial charge in [-0.1, -0.05) is 6.07 Å². The molecule has 0 aliphatic carbocycles. The van der Waals surface area contributed by atoms with Crippen LogP contribution in [0, 0.1) is 0 Å². The fourth-order valence-corrected chi connectivity index (χ4v) is 2.74. The van der Waals surface area contributed by atoms with E-state index in [4.69, 9.17) is 4.74 Å². The Kier molecular flexibility index (Phi) is 8.16. The van der Waals surface area contributed by atoms with E-state index in [1.807, 2.05) is 0 Å². The number of hydrogen-bond donors (Lipinski definition) is 0. The quantitative estimate of drug-likeness (QED) is 0.263. The average Bonchev–Trinajstić information content (AvgIpc) is 3.21. The highest BCUT2D eigenvalue weighted by atomic mass is 19.4. The molecule has 0 N–H and O–H groups in total. The predicted octanol–water partition coefficient (Wildman–Crippen LogP) is 3.17. The molecule has 0 aromatic heterocycles. The van der Waals surface area contributed by atoms with E-state index in [1.165, 1.54) is 35.8 Å². The van der Waals surface area contributed by atoms with Crippen molar-refractivity contribution in [3.63, 3.8) is 0 Å². The number of benzene rings is 1. The summed E-state index contributed by atoms with van der Waals surface area (Å²) in [4.78, 5) is 35.3. The summed E-state index contributed by atoms with van der Waals surface area (Å²) in [5.41, 5.74) is 1.02. The molecule has 1 aromatic rings. The van der Waals surface area contributed by atoms with Crippen molar-refractivity contribution in [3.05, 3.63) is 47.3 Å². The van der Waals surface area contributed by atoms with Gasteiger partial charge in [0.2, 0.25) is 6.41 Å². The molecule has 0 radical (unpaired) electrons. The fraction of sp³-hybridized carbons (Fsp3) is 0.333. The first-order valence-corrected chi connectivity index (χ1v) is 9.41. The molecular formula is C21H23F3N4O4. The standard InChI is InChI=1S/C21H23F3N4O4/c1-14(20(30)27(3)4)19(28(13-29)12-16-8-9-25-11-16)26-15(2)31-17-6-5-7-18(10-17)32-21(22,23)24/h5-10,13H,11-12H2,1-4H3/b19-14-,26-15?. The van der Waals surface area contributed by atoms with Crippen molar-refractivity contribution in [1.82, 2.24) is 9.80 Å². The SMILES string of the molecule is CC(=N/C(=C(\C)C(=O)N(C)C)N(C=O)CC1=CC=NC1)Oc1cccc(OC(F)(F)F)c1. The summed E-state index contributed by atoms with van der Waals surface area (Å²) >= 11 is 0. The van der Waals surface area contributed by atoms with Gasteiger partial charge in [-0.05, 0) is 30.7 Å². The predicted molar refractivity (Wildman–Crippen MR) is 112 cm³/mol. The Morgan fingerprint density at radius 1 is 1.25 bits per heavy atom. The fourth-order valence-electron chi connectivity index (χ4n) is 2.74. The maximum absolute atomic E-state index is 12.5. The van der Waals surface area contributed by atoms with Crippen LogP contribution >= 0.6 is 0 Å². The van der Waals surface area contributed by atoms with Crippen LogP contribution in [0.5, 0.6) is 11.5 Å². The third-order valence-electron chi connectivity index (χ3n) is 4.11. The normalized spacial score (nSPS) is 14.5. The van der Waals surface area contributed by atoms with Crippen LogP contribution < -0.4 is 9.47 Å². The number of hydrogen-bond acceptors (Lipinski definition) is 6. The third-order valence-corrected chi connectivity index (χ3v) is 4.11. The molecule has 32 heavy (non-hydrogen) atoms. The number of carbonyl (C=O) groups is 2. The largest absolute Gasteiger partial charge is 0.573 e. The smallest absolute Gasteiger partial charge is 0.443 e. The van der Waals surface area contributed by atoms with Crippen LogP contribution in [0.15, 0.2) is 57.3 Å². The average molecular weight is 452 g/mol. The molecule has 0 fully saturated rings. The van der Waals surface area contributed by atoms with Crippen molar-refractivity contribution in [2.75, 3.05) is 27.2 Å². The number of halogens is 3. The molecule has 11 heteroatoms. The van der Waals surface area contributed by atoms with E-state index in [0.29, 0.717) is 13.0 Å². The first-order valence-electron chi connectivity index (χ1n) is 9.41. The molecule has 0 saturated heterocycles. The Bertz CT molecular complexity index is 982. The zero-order chi connectivity index (χ0) is 23.9. The first-order chi connectivity index (χ1) is 15.0. The molecule has 2 amide bonds. The van der Waals surface area contributed by atoms with E-state index in [1.54, 1.807) is 26.4 Å². The van der Waals surface area contributed by atoms with Gasteiger partial charge in [-0.15, -0.1) is 13.2 Å². The Labute approximate surface area is 183 Å². The second-order valence-corrected chi connectivity index (χ2v) is 6.95. The third kappa shape index (κ3) is 7.25. The number of rotatable bonds is 8. The minimum absolute atomic E-state index is 0.00133. The van der Waals surface area contributed by atoms with E-state index >= 15 is 0 Å². The van der Waals surface area contributed by atoms with E-state index in [9.17, 15) is 22.8 Å². The molecule has 0 bridgehead atoms. The van der Waals surface area contributed by atoms with Gasteiger partial charge in [0.25, 0.3) is 5.91 Å². The van der Waals surface area contributed by atoms with Crippen molar-refractivity contribution < 1.29 is 32.2 Å². The molecule has 1 heterocycles. The van der Waals surface area contributed by atoms with Gasteiger partial charge in [0.05, 0.1) is 18.7 Å². The molecule has 1 aliphatic rings. The first kappa shape index (κ1) is 24.6. The van der Waals surface area contributed by atoms with E-state index < -0.39 is 12.1 Å². The van der Waals surface area contributed by atoms with Crippen LogP contribution in [0.3, 0.4) is 0 Å². The van der Waals surface area contributed by atoms with Gasteiger partial charge in [-0.2, -0.15) is 4.99 Å². The highest BCUT2D eigenvalue weighted by Gasteiger charge is 2.31. The van der Waals surface area contributed by atoms with Crippen molar-refractivity contribution in [2.45, 2.75) is 20.2 Å². The van der Waals surface area contributed by atoms with Crippen LogP contribution in [0.25, 0.3) is 0 Å². The van der Waals surface area contributed by atoms with E-state index in [-0.39, 0.29) is 35.5 Å². The monoisotopic (exact) mass is 452 g/mol.